The molecule has 1 N–H and O–H groups in total. The Bertz CT molecular complexity index is 601. The molecule has 0 unspecified atom stereocenters. The second-order valence-corrected chi connectivity index (χ2v) is 6.53. The molecule has 6 nitrogen and oxygen atoms in total. The number of hydrogen-bond donors (Lipinski definition) is 1. The molecule has 0 bridgehead atoms. The molecule has 1 aliphatic heterocycles. The van der Waals surface area contributed by atoms with Gasteiger partial charge in [-0.1, -0.05) is 6.07 Å². The molecule has 1 aromatic carbocycles. The first-order chi connectivity index (χ1) is 12.0. The van der Waals surface area contributed by atoms with Gasteiger partial charge in [-0.25, -0.2) is 0 Å². The van der Waals surface area contributed by atoms with Gasteiger partial charge in [-0.2, -0.15) is 0 Å². The van der Waals surface area contributed by atoms with Gasteiger partial charge in [0, 0.05) is 26.1 Å². The van der Waals surface area contributed by atoms with E-state index < -0.39 is 0 Å². The fraction of sp³-hybridized carbons (Fsp3) is 0.579. The van der Waals surface area contributed by atoms with E-state index in [0.29, 0.717) is 32.5 Å². The summed E-state index contributed by atoms with van der Waals surface area (Å²) in [5.74, 6) is 0.666. The molecule has 2 amide bonds. The summed E-state index contributed by atoms with van der Waals surface area (Å²) in [5.41, 5.74) is 1.87. The van der Waals surface area contributed by atoms with Gasteiger partial charge < -0.3 is 19.7 Å². The number of nitrogens with zero attached hydrogens (tertiary/aromatic N) is 1. The van der Waals surface area contributed by atoms with Gasteiger partial charge in [0.2, 0.25) is 5.91 Å². The van der Waals surface area contributed by atoms with E-state index in [4.69, 9.17) is 9.47 Å². The lowest BCUT2D eigenvalue weighted by atomic mass is 10.1. The van der Waals surface area contributed by atoms with Crippen molar-refractivity contribution in [2.75, 3.05) is 31.2 Å². The van der Waals surface area contributed by atoms with Crippen LogP contribution in [0.4, 0.5) is 5.69 Å². The SMILES string of the molecule is Cc1ccc2c(c1)N(CCCC(=O)NCCCOC(C)C)C(=O)CO2. The third-order valence-corrected chi connectivity index (χ3v) is 3.94. The number of rotatable bonds is 9. The van der Waals surface area contributed by atoms with Crippen LogP contribution in [0.25, 0.3) is 0 Å². The Morgan fingerprint density at radius 3 is 2.92 bits per heavy atom. The van der Waals surface area contributed by atoms with Gasteiger partial charge >= 0.3 is 0 Å². The molecule has 0 aromatic heterocycles. The first kappa shape index (κ1) is 19.2. The Hall–Kier alpha value is -2.08. The van der Waals surface area contributed by atoms with Crippen LogP contribution in [-0.2, 0) is 14.3 Å². The van der Waals surface area contributed by atoms with Gasteiger partial charge in [0.15, 0.2) is 6.61 Å². The summed E-state index contributed by atoms with van der Waals surface area (Å²) in [4.78, 5) is 25.7. The highest BCUT2D eigenvalue weighted by atomic mass is 16.5. The Kier molecular flexibility index (Phi) is 7.25. The number of anilines is 1. The van der Waals surface area contributed by atoms with E-state index in [0.717, 1.165) is 23.4 Å². The minimum atomic E-state index is -0.0654. The molecule has 0 atom stereocenters. The van der Waals surface area contributed by atoms with E-state index in [2.05, 4.69) is 5.32 Å². The van der Waals surface area contributed by atoms with Crippen molar-refractivity contribution in [2.24, 2.45) is 0 Å². The van der Waals surface area contributed by atoms with E-state index in [9.17, 15) is 9.59 Å². The van der Waals surface area contributed by atoms with Crippen LogP contribution in [-0.4, -0.2) is 44.2 Å². The second-order valence-electron chi connectivity index (χ2n) is 6.53. The van der Waals surface area contributed by atoms with Crippen molar-refractivity contribution in [3.8, 4) is 5.75 Å². The third-order valence-electron chi connectivity index (χ3n) is 3.94. The Balaban J connectivity index is 1.73. The number of hydrogen-bond acceptors (Lipinski definition) is 4. The maximum absolute atomic E-state index is 12.1. The molecule has 0 fully saturated rings. The minimum absolute atomic E-state index is 0.00900. The topological polar surface area (TPSA) is 67.9 Å². The standard InChI is InChI=1S/C19H28N2O4/c1-14(2)24-11-5-9-20-18(22)6-4-10-21-16-12-15(3)7-8-17(16)25-13-19(21)23/h7-8,12,14H,4-6,9-11,13H2,1-3H3,(H,20,22). The smallest absolute Gasteiger partial charge is 0.265 e. The molecule has 0 saturated carbocycles. The van der Waals surface area contributed by atoms with Crippen LogP contribution in [0.1, 0.15) is 38.7 Å². The molecule has 0 aliphatic carbocycles. The van der Waals surface area contributed by atoms with Gasteiger partial charge in [0.1, 0.15) is 5.75 Å². The van der Waals surface area contributed by atoms with Crippen LogP contribution in [0.3, 0.4) is 0 Å². The van der Waals surface area contributed by atoms with Crippen molar-refractivity contribution in [3.63, 3.8) is 0 Å². The quantitative estimate of drug-likeness (QED) is 0.696. The fourth-order valence-corrected chi connectivity index (χ4v) is 2.66. The van der Waals surface area contributed by atoms with Crippen LogP contribution in [0.15, 0.2) is 18.2 Å². The number of amides is 2. The van der Waals surface area contributed by atoms with E-state index >= 15 is 0 Å². The summed E-state index contributed by atoms with van der Waals surface area (Å²) < 4.78 is 10.9. The maximum Gasteiger partial charge on any atom is 0.265 e. The first-order valence-corrected chi connectivity index (χ1v) is 8.89. The van der Waals surface area contributed by atoms with E-state index in [1.54, 1.807) is 4.90 Å². The average molecular weight is 348 g/mol. The largest absolute Gasteiger partial charge is 0.482 e. The van der Waals surface area contributed by atoms with Crippen molar-refractivity contribution in [2.45, 2.75) is 46.1 Å². The number of ether oxygens (including phenoxy) is 2. The van der Waals surface area contributed by atoms with Gasteiger partial charge in [0.05, 0.1) is 11.8 Å². The minimum Gasteiger partial charge on any atom is -0.482 e. The summed E-state index contributed by atoms with van der Waals surface area (Å²) >= 11 is 0. The zero-order valence-corrected chi connectivity index (χ0v) is 15.3. The number of carbonyl (C=O) groups excluding carboxylic acids is 2. The molecule has 2 rings (SSSR count). The Labute approximate surface area is 149 Å². The van der Waals surface area contributed by atoms with Crippen LogP contribution < -0.4 is 15.0 Å². The first-order valence-electron chi connectivity index (χ1n) is 8.89. The molecular weight excluding hydrogens is 320 g/mol. The molecule has 0 spiro atoms. The number of fused-ring (bicyclic) bond motifs is 1. The average Bonchev–Trinajstić information content (AvgIpc) is 2.56. The van der Waals surface area contributed by atoms with Crippen LogP contribution in [0, 0.1) is 6.92 Å². The lowest BCUT2D eigenvalue weighted by Gasteiger charge is -2.29. The predicted molar refractivity (Wildman–Crippen MR) is 97.0 cm³/mol. The zero-order valence-electron chi connectivity index (χ0n) is 15.3. The molecule has 0 radical (unpaired) electrons. The van der Waals surface area contributed by atoms with Crippen LogP contribution in [0.5, 0.6) is 5.75 Å². The monoisotopic (exact) mass is 348 g/mol. The highest BCUT2D eigenvalue weighted by Gasteiger charge is 2.25. The molecule has 25 heavy (non-hydrogen) atoms. The van der Waals surface area contributed by atoms with Crippen molar-refractivity contribution >= 4 is 17.5 Å². The summed E-state index contributed by atoms with van der Waals surface area (Å²) in [6.07, 6.45) is 2.04. The lowest BCUT2D eigenvalue weighted by molar-refractivity contribution is -0.122. The molecule has 0 saturated heterocycles. The fourth-order valence-electron chi connectivity index (χ4n) is 2.66. The Morgan fingerprint density at radius 2 is 2.16 bits per heavy atom. The number of nitrogens with one attached hydrogen (secondary N) is 1. The predicted octanol–water partition coefficient (Wildman–Crippen LogP) is 2.43. The number of carbonyl (C=O) groups is 2. The van der Waals surface area contributed by atoms with Gasteiger partial charge in [0.25, 0.3) is 5.91 Å². The summed E-state index contributed by atoms with van der Waals surface area (Å²) in [5, 5.41) is 2.89. The molecule has 138 valence electrons. The Morgan fingerprint density at radius 1 is 1.36 bits per heavy atom. The molecular formula is C19H28N2O4. The van der Waals surface area contributed by atoms with E-state index in [-0.39, 0.29) is 24.5 Å². The summed E-state index contributed by atoms with van der Waals surface area (Å²) in [6.45, 7) is 7.80. The summed E-state index contributed by atoms with van der Waals surface area (Å²) in [7, 11) is 0. The van der Waals surface area contributed by atoms with Crippen molar-refractivity contribution in [3.05, 3.63) is 23.8 Å². The van der Waals surface area contributed by atoms with Gasteiger partial charge in [-0.3, -0.25) is 9.59 Å². The normalized spacial score (nSPS) is 13.6. The third kappa shape index (κ3) is 6.05. The van der Waals surface area contributed by atoms with Crippen molar-refractivity contribution in [1.29, 1.82) is 0 Å². The van der Waals surface area contributed by atoms with Gasteiger partial charge in [-0.15, -0.1) is 0 Å². The van der Waals surface area contributed by atoms with Crippen LogP contribution in [0.2, 0.25) is 0 Å². The maximum atomic E-state index is 12.1. The number of benzene rings is 1. The van der Waals surface area contributed by atoms with Gasteiger partial charge in [-0.05, 0) is 51.3 Å². The number of aryl methyl sites for hydroxylation is 1. The van der Waals surface area contributed by atoms with E-state index in [1.165, 1.54) is 0 Å². The highest BCUT2D eigenvalue weighted by molar-refractivity contribution is 5.97. The van der Waals surface area contributed by atoms with Crippen LogP contribution >= 0.6 is 0 Å². The molecule has 1 aliphatic rings. The zero-order chi connectivity index (χ0) is 18.2. The van der Waals surface area contributed by atoms with E-state index in [1.807, 2.05) is 39.0 Å². The second kappa shape index (κ2) is 9.42. The van der Waals surface area contributed by atoms with Crippen molar-refractivity contribution < 1.29 is 19.1 Å². The lowest BCUT2D eigenvalue weighted by Crippen LogP contribution is -2.39. The molecule has 1 heterocycles. The van der Waals surface area contributed by atoms with Crippen molar-refractivity contribution in [1.82, 2.24) is 5.32 Å². The summed E-state index contributed by atoms with van der Waals surface area (Å²) in [6, 6.07) is 5.79. The molecule has 6 heteroatoms. The highest BCUT2D eigenvalue weighted by Crippen LogP contribution is 2.32. The molecule has 1 aromatic rings.